The Balaban J connectivity index is 4.15. The van der Waals surface area contributed by atoms with E-state index in [1.807, 2.05) is 14.1 Å². The van der Waals surface area contributed by atoms with Crippen molar-refractivity contribution in [2.45, 2.75) is 18.9 Å². The van der Waals surface area contributed by atoms with Crippen LogP contribution in [0.5, 0.6) is 0 Å². The van der Waals surface area contributed by atoms with Crippen LogP contribution in [-0.2, 0) is 10.1 Å². The molecule has 0 amide bonds. The third-order valence-electron chi connectivity index (χ3n) is 3.64. The molecule has 0 unspecified atom stereocenters. The van der Waals surface area contributed by atoms with E-state index in [1.165, 1.54) is 0 Å². The molecule has 0 aromatic heterocycles. The first-order chi connectivity index (χ1) is 9.10. The molecular weight excluding hydrogens is 302 g/mol. The summed E-state index contributed by atoms with van der Waals surface area (Å²) in [5.74, 6) is -0.239. The summed E-state index contributed by atoms with van der Waals surface area (Å²) in [6.45, 7) is 1.38. The van der Waals surface area contributed by atoms with Crippen LogP contribution in [-0.4, -0.2) is 92.5 Å². The minimum atomic E-state index is -3.90. The maximum atomic E-state index is 10.7. The van der Waals surface area contributed by atoms with Crippen LogP contribution in [0.4, 0.5) is 0 Å². The van der Waals surface area contributed by atoms with Crippen LogP contribution >= 0.6 is 0 Å². The van der Waals surface area contributed by atoms with Crippen molar-refractivity contribution in [1.82, 2.24) is 0 Å². The van der Waals surface area contributed by atoms with Crippen LogP contribution < -0.4 is 0 Å². The first-order valence-corrected chi connectivity index (χ1v) is 11.1. The van der Waals surface area contributed by atoms with E-state index in [0.717, 1.165) is 13.0 Å². The summed E-state index contributed by atoms with van der Waals surface area (Å²) in [5.41, 5.74) is 0. The lowest BCUT2D eigenvalue weighted by molar-refractivity contribution is -0.890. The van der Waals surface area contributed by atoms with Crippen LogP contribution in [0.2, 0.25) is 6.04 Å². The Bertz CT molecular complexity index is 361. The highest BCUT2D eigenvalue weighted by molar-refractivity contribution is 7.85. The second kappa shape index (κ2) is 8.42. The van der Waals surface area contributed by atoms with Gasteiger partial charge in [0.25, 0.3) is 10.1 Å². The van der Waals surface area contributed by atoms with Gasteiger partial charge in [0.1, 0.15) is 8.07 Å². The molecule has 0 heterocycles. The molecule has 0 rings (SSSR count). The maximum absolute atomic E-state index is 10.7. The third kappa shape index (κ3) is 8.30. The minimum absolute atomic E-state index is 0.129. The predicted molar refractivity (Wildman–Crippen MR) is 79.3 cm³/mol. The summed E-state index contributed by atoms with van der Waals surface area (Å²) < 4.78 is 30.6. The number of rotatable bonds is 11. The molecule has 4 N–H and O–H groups in total. The van der Waals surface area contributed by atoms with Gasteiger partial charge in [-0.15, -0.1) is 0 Å². The van der Waals surface area contributed by atoms with Crippen molar-refractivity contribution in [2.75, 3.05) is 51.6 Å². The van der Waals surface area contributed by atoms with Crippen molar-refractivity contribution >= 4 is 18.2 Å². The van der Waals surface area contributed by atoms with Gasteiger partial charge in [0.15, 0.2) is 0 Å². The van der Waals surface area contributed by atoms with E-state index in [0.29, 0.717) is 23.5 Å². The molecule has 9 heteroatoms. The molecule has 20 heavy (non-hydrogen) atoms. The summed E-state index contributed by atoms with van der Waals surface area (Å²) in [5, 5.41) is 27.8. The van der Waals surface area contributed by atoms with E-state index in [4.69, 9.17) is 4.55 Å². The van der Waals surface area contributed by atoms with Crippen LogP contribution in [0, 0.1) is 0 Å². The fourth-order valence-corrected chi connectivity index (χ4v) is 4.23. The summed E-state index contributed by atoms with van der Waals surface area (Å²) >= 11 is 0. The second-order valence-electron chi connectivity index (χ2n) is 6.10. The number of nitrogens with zero attached hydrogens (tertiary/aromatic N) is 1. The summed E-state index contributed by atoms with van der Waals surface area (Å²) in [6, 6.07) is 0.635. The molecule has 7 nitrogen and oxygen atoms in total. The lowest BCUT2D eigenvalue weighted by Crippen LogP contribution is -2.49. The van der Waals surface area contributed by atoms with Crippen molar-refractivity contribution in [1.29, 1.82) is 0 Å². The largest absolute Gasteiger partial charge is 0.399 e. The van der Waals surface area contributed by atoms with Gasteiger partial charge in [-0.1, -0.05) is 0 Å². The van der Waals surface area contributed by atoms with E-state index in [9.17, 15) is 23.7 Å². The van der Waals surface area contributed by atoms with Gasteiger partial charge in [0.05, 0.1) is 32.9 Å². The topological polar surface area (TPSA) is 115 Å². The number of aliphatic hydroxyl groups excluding tert-OH is 3. The van der Waals surface area contributed by atoms with Crippen LogP contribution in [0.15, 0.2) is 0 Å². The fraction of sp³-hybridized carbons (Fsp3) is 1.00. The lowest BCUT2D eigenvalue weighted by atomic mass is 10.3. The minimum Gasteiger partial charge on any atom is -0.399 e. The zero-order chi connectivity index (χ0) is 15.9. The number of hydrogen-bond acceptors (Lipinski definition) is 5. The van der Waals surface area contributed by atoms with E-state index in [1.54, 1.807) is 0 Å². The van der Waals surface area contributed by atoms with Crippen molar-refractivity contribution in [3.8, 4) is 0 Å². The molecule has 0 aliphatic rings. The third-order valence-corrected chi connectivity index (χ3v) is 7.87. The van der Waals surface area contributed by atoms with Crippen LogP contribution in [0.1, 0.15) is 12.8 Å². The fourth-order valence-electron chi connectivity index (χ4n) is 2.06. The van der Waals surface area contributed by atoms with Gasteiger partial charge in [-0.05, 0) is 12.5 Å². The highest BCUT2D eigenvalue weighted by atomic mass is 32.2. The van der Waals surface area contributed by atoms with Crippen LogP contribution in [0.3, 0.4) is 0 Å². The molecule has 0 aliphatic carbocycles. The monoisotopic (exact) mass is 330 g/mol. The molecule has 0 saturated carbocycles. The Kier molecular flexibility index (Phi) is 8.41. The Labute approximate surface area is 122 Å². The molecule has 0 radical (unpaired) electrons. The number of aliphatic hydroxyl groups is 3. The smallest absolute Gasteiger partial charge is 0.265 e. The molecule has 0 aliphatic heterocycles. The summed E-state index contributed by atoms with van der Waals surface area (Å²) in [7, 11) is -2.34. The van der Waals surface area contributed by atoms with Crippen molar-refractivity contribution in [2.24, 2.45) is 0 Å². The molecule has 0 aromatic carbocycles. The van der Waals surface area contributed by atoms with E-state index >= 15 is 0 Å². The Morgan fingerprint density at radius 3 is 1.80 bits per heavy atom. The Morgan fingerprint density at radius 1 is 0.950 bits per heavy atom. The van der Waals surface area contributed by atoms with Gasteiger partial charge >= 0.3 is 0 Å². The van der Waals surface area contributed by atoms with Crippen molar-refractivity contribution < 1.29 is 32.8 Å². The highest BCUT2D eigenvalue weighted by Gasteiger charge is 2.31. The molecule has 122 valence electrons. The number of hydrogen-bond donors (Lipinski definition) is 4. The lowest BCUT2D eigenvalue weighted by Gasteiger charge is -2.31. The normalized spacial score (nSPS) is 13.7. The van der Waals surface area contributed by atoms with Gasteiger partial charge in [0.2, 0.25) is 0 Å². The molecular formula is C11H28NO6SSi+. The molecule has 0 atom stereocenters. The first-order valence-electron chi connectivity index (χ1n) is 6.69. The molecule has 0 bridgehead atoms. The standard InChI is InChI=1S/C11H27NO6SSi/c1-12(2,5-3-7-19(16,17)18)6-4-8-20(9-13,10-14)11-15/h13-15H,3-11H2,1-2H3/p+1. The quantitative estimate of drug-likeness (QED) is 0.214. The summed E-state index contributed by atoms with van der Waals surface area (Å²) in [4.78, 5) is 0. The first kappa shape index (κ1) is 20.0. The van der Waals surface area contributed by atoms with Crippen LogP contribution in [0.25, 0.3) is 0 Å². The van der Waals surface area contributed by atoms with Gasteiger partial charge in [-0.3, -0.25) is 4.55 Å². The second-order valence-corrected chi connectivity index (χ2v) is 12.1. The maximum Gasteiger partial charge on any atom is 0.265 e. The van der Waals surface area contributed by atoms with Crippen molar-refractivity contribution in [3.63, 3.8) is 0 Å². The highest BCUT2D eigenvalue weighted by Crippen LogP contribution is 2.13. The average molecular weight is 330 g/mol. The van der Waals surface area contributed by atoms with E-state index in [-0.39, 0.29) is 24.4 Å². The number of quaternary nitrogens is 1. The Hall–Kier alpha value is -0.0331. The zero-order valence-corrected chi connectivity index (χ0v) is 14.1. The van der Waals surface area contributed by atoms with Gasteiger partial charge < -0.3 is 19.8 Å². The molecule has 0 aromatic rings. The van der Waals surface area contributed by atoms with Gasteiger partial charge in [0, 0.05) is 25.1 Å². The van der Waals surface area contributed by atoms with E-state index in [2.05, 4.69) is 0 Å². The van der Waals surface area contributed by atoms with E-state index < -0.39 is 18.2 Å². The summed E-state index contributed by atoms with van der Waals surface area (Å²) in [6.07, 6.45) is 0.754. The predicted octanol–water partition coefficient (Wildman–Crippen LogP) is -1.23. The van der Waals surface area contributed by atoms with Crippen molar-refractivity contribution in [3.05, 3.63) is 0 Å². The zero-order valence-electron chi connectivity index (χ0n) is 12.3. The molecule has 0 spiro atoms. The average Bonchev–Trinajstić information content (AvgIpc) is 2.33. The molecule has 0 fully saturated rings. The van der Waals surface area contributed by atoms with Gasteiger partial charge in [-0.25, -0.2) is 0 Å². The molecule has 0 saturated heterocycles. The Morgan fingerprint density at radius 2 is 1.40 bits per heavy atom. The SMILES string of the molecule is C[N+](C)(CCC[Si](CO)(CO)CO)CCCS(=O)(=O)O. The van der Waals surface area contributed by atoms with Gasteiger partial charge in [-0.2, -0.15) is 8.42 Å².